The molecule has 0 spiro atoms. The number of nitrogens with zero attached hydrogens (tertiary/aromatic N) is 1. The molecule has 1 amide bonds. The van der Waals surface area contributed by atoms with Gasteiger partial charge in [0.15, 0.2) is 11.5 Å². The molecule has 3 aliphatic rings. The molecule has 1 saturated carbocycles. The molecule has 5 atom stereocenters. The van der Waals surface area contributed by atoms with Crippen molar-refractivity contribution >= 4 is 11.9 Å². The van der Waals surface area contributed by atoms with Crippen LogP contribution >= 0.6 is 0 Å². The van der Waals surface area contributed by atoms with Crippen LogP contribution in [0.15, 0.2) is 42.5 Å². The van der Waals surface area contributed by atoms with Crippen molar-refractivity contribution in [3.05, 3.63) is 53.6 Å². The van der Waals surface area contributed by atoms with Gasteiger partial charge in [0.2, 0.25) is 5.91 Å². The minimum Gasteiger partial charge on any atom is -0.493 e. The van der Waals surface area contributed by atoms with Gasteiger partial charge in [-0.25, -0.2) is 4.79 Å². The van der Waals surface area contributed by atoms with Crippen LogP contribution in [0.4, 0.5) is 0 Å². The first-order chi connectivity index (χ1) is 21.4. The largest absolute Gasteiger partial charge is 0.493 e. The summed E-state index contributed by atoms with van der Waals surface area (Å²) >= 11 is 0. The van der Waals surface area contributed by atoms with Crippen molar-refractivity contribution in [3.63, 3.8) is 0 Å². The first-order valence-electron chi connectivity index (χ1n) is 16.2. The number of hydrogen-bond donors (Lipinski definition) is 2. The van der Waals surface area contributed by atoms with Gasteiger partial charge in [0.05, 0.1) is 20.3 Å². The molecule has 2 fully saturated rings. The lowest BCUT2D eigenvalue weighted by Gasteiger charge is -2.40. The van der Waals surface area contributed by atoms with Crippen molar-refractivity contribution in [2.45, 2.75) is 95.0 Å². The first kappa shape index (κ1) is 32.1. The Morgan fingerprint density at radius 2 is 1.66 bits per heavy atom. The number of amides is 1. The minimum absolute atomic E-state index is 0.108. The summed E-state index contributed by atoms with van der Waals surface area (Å²) in [5.74, 6) is 0.905. The number of benzene rings is 2. The second-order valence-corrected chi connectivity index (χ2v) is 12.5. The molecule has 1 aliphatic carbocycles. The number of esters is 1. The Balaban J connectivity index is 1.45. The van der Waals surface area contributed by atoms with E-state index < -0.39 is 36.2 Å². The van der Waals surface area contributed by atoms with Gasteiger partial charge >= 0.3 is 5.97 Å². The molecular formula is C35H47NO8. The zero-order valence-corrected chi connectivity index (χ0v) is 26.0. The average molecular weight is 610 g/mol. The third kappa shape index (κ3) is 7.67. The number of aliphatic hydroxyl groups excluding tert-OH is 2. The predicted molar refractivity (Wildman–Crippen MR) is 165 cm³/mol. The number of cyclic esters (lactones) is 1. The van der Waals surface area contributed by atoms with Crippen LogP contribution in [0.5, 0.6) is 17.2 Å². The fourth-order valence-electron chi connectivity index (χ4n) is 7.05. The van der Waals surface area contributed by atoms with Gasteiger partial charge in [-0.05, 0) is 92.7 Å². The number of rotatable bonds is 6. The summed E-state index contributed by atoms with van der Waals surface area (Å²) in [4.78, 5) is 29.9. The summed E-state index contributed by atoms with van der Waals surface area (Å²) in [6.07, 6.45) is 5.59. The molecule has 9 heteroatoms. The molecule has 2 aromatic rings. The van der Waals surface area contributed by atoms with Crippen molar-refractivity contribution in [2.75, 3.05) is 27.4 Å². The van der Waals surface area contributed by atoms with Gasteiger partial charge in [-0.1, -0.05) is 37.5 Å². The molecular weight excluding hydrogens is 562 g/mol. The number of aliphatic hydroxyl groups is 2. The Hall–Kier alpha value is -3.30. The van der Waals surface area contributed by atoms with Crippen LogP contribution < -0.4 is 14.2 Å². The molecule has 2 N–H and O–H groups in total. The molecule has 2 bridgehead atoms. The van der Waals surface area contributed by atoms with Crippen molar-refractivity contribution < 1.29 is 38.7 Å². The molecule has 0 aromatic heterocycles. The Kier molecular flexibility index (Phi) is 11.0. The van der Waals surface area contributed by atoms with E-state index in [4.69, 9.17) is 18.9 Å². The molecule has 44 heavy (non-hydrogen) atoms. The summed E-state index contributed by atoms with van der Waals surface area (Å²) in [6.45, 7) is 0.369. The molecule has 5 rings (SSSR count). The molecule has 9 nitrogen and oxygen atoms in total. The summed E-state index contributed by atoms with van der Waals surface area (Å²) in [6, 6.07) is 12.4. The van der Waals surface area contributed by atoms with E-state index in [0.717, 1.165) is 56.1 Å². The van der Waals surface area contributed by atoms with E-state index in [1.807, 2.05) is 36.4 Å². The topological polar surface area (TPSA) is 115 Å². The number of piperidine rings is 1. The maximum atomic E-state index is 14.2. The fourth-order valence-corrected chi connectivity index (χ4v) is 7.05. The quantitative estimate of drug-likeness (QED) is 0.440. The zero-order valence-electron chi connectivity index (χ0n) is 26.0. The second-order valence-electron chi connectivity index (χ2n) is 12.5. The van der Waals surface area contributed by atoms with E-state index >= 15 is 0 Å². The van der Waals surface area contributed by atoms with Crippen LogP contribution in [-0.4, -0.2) is 72.6 Å². The van der Waals surface area contributed by atoms with Gasteiger partial charge in [-0.2, -0.15) is 0 Å². The molecule has 240 valence electrons. The maximum absolute atomic E-state index is 14.2. The van der Waals surface area contributed by atoms with E-state index in [1.165, 1.54) is 0 Å². The molecule has 0 radical (unpaired) electrons. The number of ether oxygens (including phenoxy) is 4. The first-order valence-corrected chi connectivity index (χ1v) is 16.2. The fraction of sp³-hybridized carbons (Fsp3) is 0.600. The smallest absolute Gasteiger partial charge is 0.329 e. The van der Waals surface area contributed by atoms with Crippen LogP contribution in [0.25, 0.3) is 0 Å². The SMILES string of the molecule is COc1ccc(CC[C@H]2OC(=O)[C@@H]3CCCCN3C(=O)[C@@H](C3CCCCC3)CC(O)C(O)COc3cccc2c3)cc1OC. The Morgan fingerprint density at radius 3 is 2.43 bits per heavy atom. The van der Waals surface area contributed by atoms with E-state index in [0.29, 0.717) is 43.1 Å². The Bertz CT molecular complexity index is 1260. The van der Waals surface area contributed by atoms with Gasteiger partial charge in [-0.3, -0.25) is 4.79 Å². The highest BCUT2D eigenvalue weighted by atomic mass is 16.5. The van der Waals surface area contributed by atoms with Crippen molar-refractivity contribution in [2.24, 2.45) is 11.8 Å². The normalized spacial score (nSPS) is 27.3. The van der Waals surface area contributed by atoms with Gasteiger partial charge in [0.1, 0.15) is 30.6 Å². The molecule has 1 saturated heterocycles. The lowest BCUT2D eigenvalue weighted by Crippen LogP contribution is -2.52. The Labute approximate surface area is 260 Å². The van der Waals surface area contributed by atoms with Crippen LogP contribution in [0.1, 0.15) is 81.4 Å². The van der Waals surface area contributed by atoms with Gasteiger partial charge in [-0.15, -0.1) is 0 Å². The van der Waals surface area contributed by atoms with Gasteiger partial charge < -0.3 is 34.1 Å². The average Bonchev–Trinajstić information content (AvgIpc) is 3.07. The third-order valence-electron chi connectivity index (χ3n) is 9.59. The lowest BCUT2D eigenvalue weighted by atomic mass is 9.76. The van der Waals surface area contributed by atoms with E-state index in [-0.39, 0.29) is 24.9 Å². The molecule has 2 heterocycles. The van der Waals surface area contributed by atoms with Crippen LogP contribution in [-0.2, 0) is 20.7 Å². The highest BCUT2D eigenvalue weighted by Crippen LogP contribution is 2.37. The van der Waals surface area contributed by atoms with Crippen LogP contribution in [0.3, 0.4) is 0 Å². The predicted octanol–water partition coefficient (Wildman–Crippen LogP) is 5.00. The molecule has 2 aromatic carbocycles. The van der Waals surface area contributed by atoms with Crippen molar-refractivity contribution in [1.29, 1.82) is 0 Å². The minimum atomic E-state index is -1.15. The lowest BCUT2D eigenvalue weighted by molar-refractivity contribution is -0.164. The van der Waals surface area contributed by atoms with Crippen LogP contribution in [0, 0.1) is 11.8 Å². The summed E-state index contributed by atoms with van der Waals surface area (Å²) in [5.41, 5.74) is 1.76. The number of carbonyl (C=O) groups is 2. The van der Waals surface area contributed by atoms with Gasteiger partial charge in [0, 0.05) is 12.5 Å². The van der Waals surface area contributed by atoms with Crippen LogP contribution in [0.2, 0.25) is 0 Å². The number of fused-ring (bicyclic) bond motifs is 3. The van der Waals surface area contributed by atoms with E-state index in [2.05, 4.69) is 0 Å². The standard InChI is InChI=1S/C35H47NO8/c1-41-32-17-15-23(19-33(32)42-2)14-16-31-25-11-8-12-26(20-25)43-22-30(38)29(37)21-27(24-9-4-3-5-10-24)34(39)36-18-7-6-13-28(36)35(40)44-31/h8,11-12,15,17,19-20,24,27-31,37-38H,3-7,9-10,13-14,16,18,21-22H2,1-2H3/t27-,28+,29?,30?,31-/m1/s1. The van der Waals surface area contributed by atoms with E-state index in [1.54, 1.807) is 25.2 Å². The highest BCUT2D eigenvalue weighted by molar-refractivity contribution is 5.86. The number of carbonyl (C=O) groups excluding carboxylic acids is 2. The third-order valence-corrected chi connectivity index (χ3v) is 9.59. The summed E-state index contributed by atoms with van der Waals surface area (Å²) in [7, 11) is 3.19. The van der Waals surface area contributed by atoms with E-state index in [9.17, 15) is 19.8 Å². The van der Waals surface area contributed by atoms with Crippen molar-refractivity contribution in [1.82, 2.24) is 4.90 Å². The summed E-state index contributed by atoms with van der Waals surface area (Å²) in [5, 5.41) is 22.0. The number of aryl methyl sites for hydroxylation is 1. The molecule has 2 unspecified atom stereocenters. The monoisotopic (exact) mass is 609 g/mol. The highest BCUT2D eigenvalue weighted by Gasteiger charge is 2.41. The Morgan fingerprint density at radius 1 is 0.886 bits per heavy atom. The number of hydrogen-bond acceptors (Lipinski definition) is 8. The zero-order chi connectivity index (χ0) is 31.1. The van der Waals surface area contributed by atoms with Crippen molar-refractivity contribution in [3.8, 4) is 17.2 Å². The number of methoxy groups -OCH3 is 2. The summed E-state index contributed by atoms with van der Waals surface area (Å²) < 4.78 is 23.1. The molecule has 2 aliphatic heterocycles. The maximum Gasteiger partial charge on any atom is 0.329 e. The van der Waals surface area contributed by atoms with Gasteiger partial charge in [0.25, 0.3) is 0 Å². The second kappa shape index (κ2) is 15.1.